The summed E-state index contributed by atoms with van der Waals surface area (Å²) in [5.74, 6) is 0.457. The van der Waals surface area contributed by atoms with Gasteiger partial charge in [-0.25, -0.2) is 4.79 Å². The number of anilines is 1. The molecule has 174 valence electrons. The van der Waals surface area contributed by atoms with Gasteiger partial charge in [0.25, 0.3) is 0 Å². The van der Waals surface area contributed by atoms with Gasteiger partial charge in [0.1, 0.15) is 17.8 Å². The number of nitrogens with one attached hydrogen (secondary N) is 3. The monoisotopic (exact) mass is 457 g/mol. The third-order valence-corrected chi connectivity index (χ3v) is 5.52. The van der Waals surface area contributed by atoms with Crippen molar-refractivity contribution < 1.29 is 19.1 Å². The molecule has 3 N–H and O–H groups in total. The summed E-state index contributed by atoms with van der Waals surface area (Å²) >= 11 is 0. The van der Waals surface area contributed by atoms with Crippen LogP contribution in [0.1, 0.15) is 12.5 Å². The maximum Gasteiger partial charge on any atom is 0.328 e. The Labute approximate surface area is 198 Å². The van der Waals surface area contributed by atoms with Crippen LogP contribution in [0.5, 0.6) is 11.5 Å². The number of carbonyl (C=O) groups is 2. The van der Waals surface area contributed by atoms with Gasteiger partial charge in [0.05, 0.1) is 12.8 Å². The number of esters is 1. The normalized spacial score (nSPS) is 12.5. The van der Waals surface area contributed by atoms with E-state index < -0.39 is 18.1 Å². The van der Waals surface area contributed by atoms with E-state index >= 15 is 0 Å². The van der Waals surface area contributed by atoms with Crippen molar-refractivity contribution in [1.29, 1.82) is 0 Å². The van der Waals surface area contributed by atoms with E-state index in [-0.39, 0.29) is 5.91 Å². The van der Waals surface area contributed by atoms with Crippen LogP contribution in [0.4, 0.5) is 5.69 Å². The summed E-state index contributed by atoms with van der Waals surface area (Å²) in [6, 6.07) is 23.2. The van der Waals surface area contributed by atoms with Crippen LogP contribution in [0.2, 0.25) is 0 Å². The maximum absolute atomic E-state index is 13.0. The minimum atomic E-state index is -0.822. The van der Waals surface area contributed by atoms with E-state index in [1.54, 1.807) is 6.92 Å². The van der Waals surface area contributed by atoms with Gasteiger partial charge in [-0.15, -0.1) is 0 Å². The predicted octanol–water partition coefficient (Wildman–Crippen LogP) is 4.66. The lowest BCUT2D eigenvalue weighted by atomic mass is 10.0. The highest BCUT2D eigenvalue weighted by atomic mass is 16.5. The van der Waals surface area contributed by atoms with Gasteiger partial charge >= 0.3 is 5.97 Å². The number of hydrogen-bond donors (Lipinski definition) is 3. The summed E-state index contributed by atoms with van der Waals surface area (Å²) in [5, 5.41) is 7.02. The van der Waals surface area contributed by atoms with E-state index in [1.165, 1.54) is 7.11 Å². The van der Waals surface area contributed by atoms with Crippen LogP contribution >= 0.6 is 0 Å². The van der Waals surface area contributed by atoms with Gasteiger partial charge in [0, 0.05) is 23.5 Å². The van der Waals surface area contributed by atoms with Crippen molar-refractivity contribution in [2.24, 2.45) is 0 Å². The first kappa shape index (κ1) is 22.9. The van der Waals surface area contributed by atoms with E-state index in [4.69, 9.17) is 9.47 Å². The Morgan fingerprint density at radius 1 is 0.941 bits per heavy atom. The van der Waals surface area contributed by atoms with Crippen molar-refractivity contribution in [1.82, 2.24) is 10.3 Å². The predicted molar refractivity (Wildman–Crippen MR) is 132 cm³/mol. The van der Waals surface area contributed by atoms with Gasteiger partial charge < -0.3 is 25.1 Å². The highest BCUT2D eigenvalue weighted by molar-refractivity contribution is 5.90. The van der Waals surface area contributed by atoms with Crippen molar-refractivity contribution in [3.05, 3.63) is 90.6 Å². The maximum atomic E-state index is 13.0. The number of methoxy groups -OCH3 is 1. The molecule has 1 heterocycles. The Balaban J connectivity index is 1.46. The van der Waals surface area contributed by atoms with Gasteiger partial charge in [0.15, 0.2) is 5.75 Å². The number of benzene rings is 3. The number of rotatable bonds is 9. The Morgan fingerprint density at radius 2 is 1.65 bits per heavy atom. The molecule has 7 heteroatoms. The van der Waals surface area contributed by atoms with E-state index in [2.05, 4.69) is 15.6 Å². The molecule has 0 radical (unpaired) electrons. The smallest absolute Gasteiger partial charge is 0.328 e. The number of hydrogen-bond acceptors (Lipinski definition) is 5. The number of aromatic amines is 1. The van der Waals surface area contributed by atoms with Crippen LogP contribution in [0.3, 0.4) is 0 Å². The SMILES string of the molecule is COC(=O)C(Cc1c[nH]c2ccccc12)NC(=O)C(C)Nc1ccccc1Oc1ccccc1. The molecule has 0 bridgehead atoms. The van der Waals surface area contributed by atoms with E-state index in [0.717, 1.165) is 16.5 Å². The van der Waals surface area contributed by atoms with Crippen LogP contribution in [-0.2, 0) is 20.7 Å². The Bertz CT molecular complexity index is 1270. The standard InChI is InChI=1S/C27H27N3O4/c1-18(29-23-14-8-9-15-25(23)34-20-10-4-3-5-11-20)26(31)30-24(27(32)33-2)16-19-17-28-22-13-7-6-12-21(19)22/h3-15,17-18,24,28-29H,16H2,1-2H3,(H,30,31). The van der Waals surface area contributed by atoms with Gasteiger partial charge in [-0.1, -0.05) is 48.5 Å². The lowest BCUT2D eigenvalue weighted by molar-refractivity contribution is -0.145. The third-order valence-electron chi connectivity index (χ3n) is 5.52. The molecule has 3 aromatic carbocycles. The molecule has 1 amide bonds. The summed E-state index contributed by atoms with van der Waals surface area (Å²) in [7, 11) is 1.32. The second-order valence-corrected chi connectivity index (χ2v) is 7.93. The zero-order valence-corrected chi connectivity index (χ0v) is 19.1. The fourth-order valence-electron chi connectivity index (χ4n) is 3.74. The Morgan fingerprint density at radius 3 is 2.44 bits per heavy atom. The molecule has 0 saturated carbocycles. The molecule has 0 spiro atoms. The topological polar surface area (TPSA) is 92.5 Å². The second-order valence-electron chi connectivity index (χ2n) is 7.93. The van der Waals surface area contributed by atoms with Crippen molar-refractivity contribution in [3.63, 3.8) is 0 Å². The molecule has 2 atom stereocenters. The van der Waals surface area contributed by atoms with Crippen LogP contribution in [0, 0.1) is 0 Å². The summed E-state index contributed by atoms with van der Waals surface area (Å²) < 4.78 is 10.9. The summed E-state index contributed by atoms with van der Waals surface area (Å²) in [6.07, 6.45) is 2.16. The fourth-order valence-corrected chi connectivity index (χ4v) is 3.74. The minimum absolute atomic E-state index is 0.308. The van der Waals surface area contributed by atoms with Gasteiger partial charge in [-0.3, -0.25) is 4.79 Å². The highest BCUT2D eigenvalue weighted by Crippen LogP contribution is 2.29. The zero-order valence-electron chi connectivity index (χ0n) is 19.1. The number of amides is 1. The average Bonchev–Trinajstić information content (AvgIpc) is 3.27. The van der Waals surface area contributed by atoms with E-state index in [0.29, 0.717) is 23.6 Å². The van der Waals surface area contributed by atoms with Crippen molar-refractivity contribution in [2.75, 3.05) is 12.4 Å². The van der Waals surface area contributed by atoms with Crippen LogP contribution < -0.4 is 15.4 Å². The van der Waals surface area contributed by atoms with Crippen molar-refractivity contribution in [3.8, 4) is 11.5 Å². The molecule has 0 aliphatic rings. The molecule has 0 aliphatic heterocycles. The van der Waals surface area contributed by atoms with Gasteiger partial charge in [0.2, 0.25) is 5.91 Å². The molecule has 0 saturated heterocycles. The first-order valence-corrected chi connectivity index (χ1v) is 11.1. The highest BCUT2D eigenvalue weighted by Gasteiger charge is 2.26. The summed E-state index contributed by atoms with van der Waals surface area (Å²) in [4.78, 5) is 28.7. The second kappa shape index (κ2) is 10.6. The number of carbonyl (C=O) groups excluding carboxylic acids is 2. The molecule has 0 fully saturated rings. The first-order valence-electron chi connectivity index (χ1n) is 11.1. The molecule has 4 aromatic rings. The molecule has 2 unspecified atom stereocenters. The number of fused-ring (bicyclic) bond motifs is 1. The van der Waals surface area contributed by atoms with Gasteiger partial charge in [-0.2, -0.15) is 0 Å². The van der Waals surface area contributed by atoms with Gasteiger partial charge in [-0.05, 0) is 42.8 Å². The lowest BCUT2D eigenvalue weighted by Gasteiger charge is -2.21. The van der Waals surface area contributed by atoms with Crippen LogP contribution in [-0.4, -0.2) is 36.1 Å². The minimum Gasteiger partial charge on any atom is -0.467 e. The number of aromatic nitrogens is 1. The van der Waals surface area contributed by atoms with Crippen LogP contribution in [0.25, 0.3) is 10.9 Å². The molecule has 4 rings (SSSR count). The molecule has 7 nitrogen and oxygen atoms in total. The third kappa shape index (κ3) is 5.38. The molecular formula is C27H27N3O4. The number of H-pyrrole nitrogens is 1. The Hall–Kier alpha value is -4.26. The van der Waals surface area contributed by atoms with Crippen molar-refractivity contribution >= 4 is 28.5 Å². The molecule has 0 aliphatic carbocycles. The largest absolute Gasteiger partial charge is 0.467 e. The average molecular weight is 458 g/mol. The van der Waals surface area contributed by atoms with Crippen molar-refractivity contribution in [2.45, 2.75) is 25.4 Å². The molecule has 34 heavy (non-hydrogen) atoms. The Kier molecular flexibility index (Phi) is 7.13. The molecular weight excluding hydrogens is 430 g/mol. The van der Waals surface area contributed by atoms with Crippen LogP contribution in [0.15, 0.2) is 85.1 Å². The fraction of sp³-hybridized carbons (Fsp3) is 0.185. The summed E-state index contributed by atoms with van der Waals surface area (Å²) in [5.41, 5.74) is 2.56. The number of para-hydroxylation sites is 4. The van der Waals surface area contributed by atoms with E-state index in [9.17, 15) is 9.59 Å². The quantitative estimate of drug-likeness (QED) is 0.318. The number of ether oxygens (including phenoxy) is 2. The van der Waals surface area contributed by atoms with E-state index in [1.807, 2.05) is 85.1 Å². The zero-order chi connectivity index (χ0) is 23.9. The summed E-state index contributed by atoms with van der Waals surface area (Å²) in [6.45, 7) is 1.73. The first-order chi connectivity index (χ1) is 16.5. The lowest BCUT2D eigenvalue weighted by Crippen LogP contribution is -2.48. The molecule has 1 aromatic heterocycles.